The van der Waals surface area contributed by atoms with Gasteiger partial charge >= 0.3 is 6.03 Å². The molecule has 2 unspecified atom stereocenters. The lowest BCUT2D eigenvalue weighted by atomic mass is 9.89. The Hall–Kier alpha value is -1.49. The van der Waals surface area contributed by atoms with E-state index in [4.69, 9.17) is 4.42 Å². The molecule has 0 aromatic carbocycles. The highest BCUT2D eigenvalue weighted by Gasteiger charge is 2.15. The Morgan fingerprint density at radius 3 is 2.70 bits per heavy atom. The minimum atomic E-state index is -0.819. The molecule has 0 bridgehead atoms. The first-order valence-corrected chi connectivity index (χ1v) is 7.04. The summed E-state index contributed by atoms with van der Waals surface area (Å²) >= 11 is 0. The highest BCUT2D eigenvalue weighted by molar-refractivity contribution is 5.74. The molecule has 5 nitrogen and oxygen atoms in total. The summed E-state index contributed by atoms with van der Waals surface area (Å²) in [6.07, 6.45) is 2.65. The van der Waals surface area contributed by atoms with Gasteiger partial charge in [0.1, 0.15) is 11.9 Å². The number of nitrogens with one attached hydrogen (secondary N) is 2. The van der Waals surface area contributed by atoms with Gasteiger partial charge in [-0.25, -0.2) is 4.79 Å². The second-order valence-corrected chi connectivity index (χ2v) is 6.39. The predicted octanol–water partition coefficient (Wildman–Crippen LogP) is 2.83. The smallest absolute Gasteiger partial charge is 0.315 e. The molecule has 1 heterocycles. The van der Waals surface area contributed by atoms with Gasteiger partial charge in [-0.1, -0.05) is 20.8 Å². The SMILES string of the molecule is CC(CCC(C)(C)C)NC(=O)NCC(O)c1ccco1. The van der Waals surface area contributed by atoms with Gasteiger partial charge in [-0.05, 0) is 37.3 Å². The van der Waals surface area contributed by atoms with E-state index in [1.807, 2.05) is 6.92 Å². The zero-order valence-corrected chi connectivity index (χ0v) is 12.8. The maximum atomic E-state index is 11.7. The number of urea groups is 1. The zero-order valence-electron chi connectivity index (χ0n) is 12.8. The van der Waals surface area contributed by atoms with E-state index in [2.05, 4.69) is 31.4 Å². The third kappa shape index (κ3) is 6.61. The predicted molar refractivity (Wildman–Crippen MR) is 78.4 cm³/mol. The number of carbonyl (C=O) groups excluding carboxylic acids is 1. The highest BCUT2D eigenvalue weighted by atomic mass is 16.4. The van der Waals surface area contributed by atoms with Gasteiger partial charge in [-0.2, -0.15) is 0 Å². The normalized spacial score (nSPS) is 14.7. The molecule has 114 valence electrons. The van der Waals surface area contributed by atoms with Gasteiger partial charge in [0.05, 0.1) is 12.8 Å². The standard InChI is InChI=1S/C15H26N2O3/c1-11(7-8-15(2,3)4)17-14(19)16-10-12(18)13-6-5-9-20-13/h5-6,9,11-12,18H,7-8,10H2,1-4H3,(H2,16,17,19). The van der Waals surface area contributed by atoms with Gasteiger partial charge < -0.3 is 20.2 Å². The summed E-state index contributed by atoms with van der Waals surface area (Å²) in [6.45, 7) is 8.65. The Bertz CT molecular complexity index is 396. The van der Waals surface area contributed by atoms with Gasteiger partial charge in [-0.3, -0.25) is 0 Å². The first-order chi connectivity index (χ1) is 9.28. The van der Waals surface area contributed by atoms with Crippen LogP contribution in [-0.2, 0) is 0 Å². The molecule has 3 N–H and O–H groups in total. The van der Waals surface area contributed by atoms with Crippen LogP contribution in [0.25, 0.3) is 0 Å². The third-order valence-electron chi connectivity index (χ3n) is 3.03. The van der Waals surface area contributed by atoms with Gasteiger partial charge in [0, 0.05) is 6.04 Å². The zero-order chi connectivity index (χ0) is 15.2. The minimum absolute atomic E-state index is 0.106. The summed E-state index contributed by atoms with van der Waals surface area (Å²) in [5.74, 6) is 0.450. The monoisotopic (exact) mass is 282 g/mol. The van der Waals surface area contributed by atoms with Crippen LogP contribution in [0.15, 0.2) is 22.8 Å². The molecule has 0 aliphatic rings. The molecule has 5 heteroatoms. The minimum Gasteiger partial charge on any atom is -0.467 e. The molecule has 0 radical (unpaired) electrons. The Kier molecular flexibility index (Phi) is 6.07. The second-order valence-electron chi connectivity index (χ2n) is 6.39. The number of amides is 2. The van der Waals surface area contributed by atoms with E-state index in [1.165, 1.54) is 6.26 Å². The van der Waals surface area contributed by atoms with Crippen LogP contribution in [0.3, 0.4) is 0 Å². The summed E-state index contributed by atoms with van der Waals surface area (Å²) in [5.41, 5.74) is 0.266. The average molecular weight is 282 g/mol. The summed E-state index contributed by atoms with van der Waals surface area (Å²) in [4.78, 5) is 11.7. The number of hydrogen-bond donors (Lipinski definition) is 3. The van der Waals surface area contributed by atoms with Gasteiger partial charge in [0.2, 0.25) is 0 Å². The second kappa shape index (κ2) is 7.33. The molecule has 0 aliphatic heterocycles. The Labute approximate surface area is 120 Å². The molecule has 1 aromatic rings. The lowest BCUT2D eigenvalue weighted by molar-refractivity contribution is 0.147. The molecule has 0 saturated carbocycles. The summed E-state index contributed by atoms with van der Waals surface area (Å²) in [5, 5.41) is 15.3. The van der Waals surface area contributed by atoms with E-state index in [0.717, 1.165) is 12.8 Å². The lowest BCUT2D eigenvalue weighted by Gasteiger charge is -2.21. The fraction of sp³-hybridized carbons (Fsp3) is 0.667. The maximum absolute atomic E-state index is 11.7. The van der Waals surface area contributed by atoms with Crippen molar-refractivity contribution in [3.63, 3.8) is 0 Å². The van der Waals surface area contributed by atoms with Crippen LogP contribution in [0, 0.1) is 5.41 Å². The fourth-order valence-corrected chi connectivity index (χ4v) is 1.77. The number of aliphatic hydroxyl groups excluding tert-OH is 1. The molecule has 1 rings (SSSR count). The van der Waals surface area contributed by atoms with Crippen molar-refractivity contribution < 1.29 is 14.3 Å². The number of furan rings is 1. The van der Waals surface area contributed by atoms with Crippen molar-refractivity contribution in [2.24, 2.45) is 5.41 Å². The van der Waals surface area contributed by atoms with E-state index >= 15 is 0 Å². The molecule has 2 atom stereocenters. The molecule has 20 heavy (non-hydrogen) atoms. The van der Waals surface area contributed by atoms with Crippen LogP contribution in [-0.4, -0.2) is 23.7 Å². The number of hydrogen-bond acceptors (Lipinski definition) is 3. The van der Waals surface area contributed by atoms with Gasteiger partial charge in [0.15, 0.2) is 0 Å². The molecule has 0 saturated heterocycles. The fourth-order valence-electron chi connectivity index (χ4n) is 1.77. The van der Waals surface area contributed by atoms with E-state index in [0.29, 0.717) is 5.76 Å². The summed E-state index contributed by atoms with van der Waals surface area (Å²) in [6, 6.07) is 3.22. The van der Waals surface area contributed by atoms with Crippen LogP contribution >= 0.6 is 0 Å². The lowest BCUT2D eigenvalue weighted by Crippen LogP contribution is -2.42. The van der Waals surface area contributed by atoms with Crippen molar-refractivity contribution >= 4 is 6.03 Å². The van der Waals surface area contributed by atoms with Crippen LogP contribution in [0.1, 0.15) is 52.4 Å². The van der Waals surface area contributed by atoms with E-state index in [9.17, 15) is 9.90 Å². The highest BCUT2D eigenvalue weighted by Crippen LogP contribution is 2.21. The quantitative estimate of drug-likeness (QED) is 0.751. The average Bonchev–Trinajstić information content (AvgIpc) is 2.86. The molecule has 1 aromatic heterocycles. The Morgan fingerprint density at radius 1 is 1.45 bits per heavy atom. The van der Waals surface area contributed by atoms with E-state index in [1.54, 1.807) is 12.1 Å². The molecule has 0 spiro atoms. The van der Waals surface area contributed by atoms with Crippen molar-refractivity contribution in [3.05, 3.63) is 24.2 Å². The van der Waals surface area contributed by atoms with Crippen molar-refractivity contribution in [3.8, 4) is 0 Å². The number of rotatable bonds is 6. The molecular weight excluding hydrogens is 256 g/mol. The first-order valence-electron chi connectivity index (χ1n) is 7.04. The van der Waals surface area contributed by atoms with Crippen LogP contribution in [0.5, 0.6) is 0 Å². The molecule has 0 aliphatic carbocycles. The number of aliphatic hydroxyl groups is 1. The van der Waals surface area contributed by atoms with E-state index < -0.39 is 6.10 Å². The van der Waals surface area contributed by atoms with Crippen molar-refractivity contribution in [1.29, 1.82) is 0 Å². The van der Waals surface area contributed by atoms with Gasteiger partial charge in [0.25, 0.3) is 0 Å². The van der Waals surface area contributed by atoms with Crippen LogP contribution in [0.4, 0.5) is 4.79 Å². The summed E-state index contributed by atoms with van der Waals surface area (Å²) in [7, 11) is 0. The van der Waals surface area contributed by atoms with Crippen molar-refractivity contribution in [1.82, 2.24) is 10.6 Å². The molecular formula is C15H26N2O3. The topological polar surface area (TPSA) is 74.5 Å². The van der Waals surface area contributed by atoms with E-state index in [-0.39, 0.29) is 24.0 Å². The third-order valence-corrected chi connectivity index (χ3v) is 3.03. The van der Waals surface area contributed by atoms with Crippen LogP contribution in [0.2, 0.25) is 0 Å². The van der Waals surface area contributed by atoms with Crippen molar-refractivity contribution in [2.45, 2.75) is 52.7 Å². The summed E-state index contributed by atoms with van der Waals surface area (Å²) < 4.78 is 5.06. The molecule has 2 amide bonds. The van der Waals surface area contributed by atoms with Crippen molar-refractivity contribution in [2.75, 3.05) is 6.54 Å². The molecule has 0 fully saturated rings. The first kappa shape index (κ1) is 16.6. The van der Waals surface area contributed by atoms with Gasteiger partial charge in [-0.15, -0.1) is 0 Å². The Morgan fingerprint density at radius 2 is 2.15 bits per heavy atom. The Balaban J connectivity index is 2.23. The maximum Gasteiger partial charge on any atom is 0.315 e. The largest absolute Gasteiger partial charge is 0.467 e. The number of carbonyl (C=O) groups is 1. The van der Waals surface area contributed by atoms with Crippen LogP contribution < -0.4 is 10.6 Å².